The minimum Gasteiger partial charge on any atom is -0.480 e. The second-order valence-corrected chi connectivity index (χ2v) is 8.97. The number of rotatable bonds is 3. The van der Waals surface area contributed by atoms with Gasteiger partial charge >= 0.3 is 0 Å². The third-order valence-electron chi connectivity index (χ3n) is 5.92. The molecule has 8 heteroatoms. The van der Waals surface area contributed by atoms with E-state index in [0.29, 0.717) is 16.1 Å². The Kier molecular flexibility index (Phi) is 4.89. The number of thioether (sulfide) groups is 1. The van der Waals surface area contributed by atoms with Crippen molar-refractivity contribution in [2.24, 2.45) is 0 Å². The van der Waals surface area contributed by atoms with Crippen LogP contribution in [0.15, 0.2) is 83.5 Å². The van der Waals surface area contributed by atoms with Gasteiger partial charge < -0.3 is 10.1 Å². The van der Waals surface area contributed by atoms with Gasteiger partial charge in [-0.25, -0.2) is 9.07 Å². The molecule has 6 rings (SSSR count). The van der Waals surface area contributed by atoms with Crippen molar-refractivity contribution in [3.8, 4) is 5.75 Å². The summed E-state index contributed by atoms with van der Waals surface area (Å²) in [6.07, 6.45) is 1.47. The number of hydrogen-bond donors (Lipinski definition) is 1. The fourth-order valence-electron chi connectivity index (χ4n) is 4.46. The van der Waals surface area contributed by atoms with E-state index in [9.17, 15) is 4.39 Å². The van der Waals surface area contributed by atoms with Crippen LogP contribution in [0.5, 0.6) is 5.75 Å². The molecular formula is C25H18ClFN4OS. The standard InChI is InChI=1S/C25H18ClFN4OS/c1-33-25-29-24-28-21-17-7-3-5-9-19(17)32-23(16-6-2-4-8-18(16)26)20(21)22(31(24)30-25)14-10-12-15(27)13-11-14/h2-13,22-23H,1H3,(H,28,29,30)/t22-,23+/m1/s1. The van der Waals surface area contributed by atoms with Crippen LogP contribution in [0.1, 0.15) is 28.8 Å². The summed E-state index contributed by atoms with van der Waals surface area (Å²) in [5.41, 5.74) is 4.51. The first-order valence-corrected chi connectivity index (χ1v) is 12.0. The van der Waals surface area contributed by atoms with Gasteiger partial charge in [-0.15, -0.1) is 5.10 Å². The molecule has 0 radical (unpaired) electrons. The van der Waals surface area contributed by atoms with Gasteiger partial charge in [-0.2, -0.15) is 4.98 Å². The van der Waals surface area contributed by atoms with Crippen LogP contribution in [0.4, 0.5) is 10.3 Å². The number of fused-ring (bicyclic) bond motifs is 3. The molecule has 3 aromatic carbocycles. The molecule has 0 fully saturated rings. The molecule has 0 saturated carbocycles. The lowest BCUT2D eigenvalue weighted by Crippen LogP contribution is -2.32. The van der Waals surface area contributed by atoms with Crippen molar-refractivity contribution in [3.05, 3.63) is 106 Å². The molecule has 33 heavy (non-hydrogen) atoms. The monoisotopic (exact) mass is 476 g/mol. The number of ether oxygens (including phenoxy) is 1. The first kappa shape index (κ1) is 20.3. The third-order valence-corrected chi connectivity index (χ3v) is 6.80. The van der Waals surface area contributed by atoms with Gasteiger partial charge in [-0.1, -0.05) is 65.8 Å². The van der Waals surface area contributed by atoms with E-state index in [2.05, 4.69) is 10.3 Å². The van der Waals surface area contributed by atoms with Crippen molar-refractivity contribution in [2.75, 3.05) is 11.6 Å². The molecule has 5 nitrogen and oxygen atoms in total. The smallest absolute Gasteiger partial charge is 0.227 e. The number of anilines is 1. The number of para-hydroxylation sites is 1. The summed E-state index contributed by atoms with van der Waals surface area (Å²) in [5.74, 6) is 1.09. The molecule has 3 heterocycles. The van der Waals surface area contributed by atoms with Crippen LogP contribution in [0, 0.1) is 5.82 Å². The fourth-order valence-corrected chi connectivity index (χ4v) is 5.04. The number of aromatic nitrogens is 3. The summed E-state index contributed by atoms with van der Waals surface area (Å²) in [7, 11) is 0. The summed E-state index contributed by atoms with van der Waals surface area (Å²) in [6.45, 7) is 0. The van der Waals surface area contributed by atoms with Crippen molar-refractivity contribution in [3.63, 3.8) is 0 Å². The lowest BCUT2D eigenvalue weighted by atomic mass is 9.84. The van der Waals surface area contributed by atoms with Gasteiger partial charge in [0, 0.05) is 21.7 Å². The Balaban J connectivity index is 1.65. The van der Waals surface area contributed by atoms with E-state index < -0.39 is 6.10 Å². The predicted molar refractivity (Wildman–Crippen MR) is 128 cm³/mol. The molecule has 1 aromatic heterocycles. The second-order valence-electron chi connectivity index (χ2n) is 7.79. The Hall–Kier alpha value is -3.29. The lowest BCUT2D eigenvalue weighted by Gasteiger charge is -2.39. The van der Waals surface area contributed by atoms with Gasteiger partial charge in [0.15, 0.2) is 6.10 Å². The van der Waals surface area contributed by atoms with Crippen LogP contribution in [0.25, 0.3) is 5.70 Å². The van der Waals surface area contributed by atoms with Crippen LogP contribution >= 0.6 is 23.4 Å². The summed E-state index contributed by atoms with van der Waals surface area (Å²) >= 11 is 8.11. The Morgan fingerprint density at radius 1 is 1.03 bits per heavy atom. The number of benzene rings is 3. The fraction of sp³-hybridized carbons (Fsp3) is 0.120. The van der Waals surface area contributed by atoms with Gasteiger partial charge in [0.2, 0.25) is 11.1 Å². The van der Waals surface area contributed by atoms with Gasteiger partial charge in [-0.05, 0) is 42.2 Å². The van der Waals surface area contributed by atoms with E-state index in [1.807, 2.05) is 59.5 Å². The van der Waals surface area contributed by atoms with E-state index in [-0.39, 0.29) is 11.9 Å². The summed E-state index contributed by atoms with van der Waals surface area (Å²) in [6, 6.07) is 21.7. The SMILES string of the molecule is CSc1nc2n(n1)[C@H](c1ccc(F)cc1)C1=C(N2)c2ccccc2O[C@H]1c1ccccc1Cl. The molecule has 2 aliphatic heterocycles. The molecule has 0 amide bonds. The van der Waals surface area contributed by atoms with Gasteiger partial charge in [-0.3, -0.25) is 0 Å². The molecule has 1 N–H and O–H groups in total. The minimum atomic E-state index is -0.471. The van der Waals surface area contributed by atoms with Gasteiger partial charge in [0.1, 0.15) is 17.6 Å². The molecule has 0 aliphatic carbocycles. The Bertz CT molecular complexity index is 1400. The highest BCUT2D eigenvalue weighted by Crippen LogP contribution is 2.51. The number of nitrogens with one attached hydrogen (secondary N) is 1. The molecule has 4 aromatic rings. The lowest BCUT2D eigenvalue weighted by molar-refractivity contribution is 0.223. The van der Waals surface area contributed by atoms with Crippen molar-refractivity contribution < 1.29 is 9.13 Å². The largest absolute Gasteiger partial charge is 0.480 e. The summed E-state index contributed by atoms with van der Waals surface area (Å²) in [4.78, 5) is 4.67. The average Bonchev–Trinajstić information content (AvgIpc) is 3.26. The maximum Gasteiger partial charge on any atom is 0.227 e. The maximum absolute atomic E-state index is 13.8. The van der Waals surface area contributed by atoms with Crippen molar-refractivity contribution >= 4 is 35.0 Å². The minimum absolute atomic E-state index is 0.293. The summed E-state index contributed by atoms with van der Waals surface area (Å²) in [5, 5.41) is 9.49. The molecular weight excluding hydrogens is 459 g/mol. The zero-order chi connectivity index (χ0) is 22.5. The predicted octanol–water partition coefficient (Wildman–Crippen LogP) is 6.35. The zero-order valence-electron chi connectivity index (χ0n) is 17.5. The highest BCUT2D eigenvalue weighted by molar-refractivity contribution is 7.98. The second kappa shape index (κ2) is 7.93. The normalized spacial score (nSPS) is 18.6. The van der Waals surface area contributed by atoms with Gasteiger partial charge in [0.05, 0.1) is 5.70 Å². The zero-order valence-corrected chi connectivity index (χ0v) is 19.1. The van der Waals surface area contributed by atoms with E-state index in [0.717, 1.165) is 33.7 Å². The third kappa shape index (κ3) is 3.31. The van der Waals surface area contributed by atoms with Crippen LogP contribution in [-0.2, 0) is 0 Å². The molecule has 0 bridgehead atoms. The van der Waals surface area contributed by atoms with Crippen LogP contribution in [0.2, 0.25) is 5.02 Å². The van der Waals surface area contributed by atoms with Crippen molar-refractivity contribution in [1.82, 2.24) is 14.8 Å². The molecule has 2 aliphatic rings. The number of halogens is 2. The quantitative estimate of drug-likeness (QED) is 0.349. The van der Waals surface area contributed by atoms with E-state index in [1.165, 1.54) is 23.9 Å². The van der Waals surface area contributed by atoms with E-state index >= 15 is 0 Å². The molecule has 0 saturated heterocycles. The Morgan fingerprint density at radius 2 is 1.79 bits per heavy atom. The molecule has 2 atom stereocenters. The van der Waals surface area contributed by atoms with Crippen LogP contribution < -0.4 is 10.1 Å². The Morgan fingerprint density at radius 3 is 2.58 bits per heavy atom. The topological polar surface area (TPSA) is 52.0 Å². The van der Waals surface area contributed by atoms with Gasteiger partial charge in [0.25, 0.3) is 0 Å². The van der Waals surface area contributed by atoms with Crippen LogP contribution in [-0.4, -0.2) is 21.0 Å². The molecule has 0 spiro atoms. The highest BCUT2D eigenvalue weighted by Gasteiger charge is 2.41. The summed E-state index contributed by atoms with van der Waals surface area (Å²) < 4.78 is 22.2. The first-order valence-electron chi connectivity index (χ1n) is 10.4. The number of nitrogens with zero attached hydrogens (tertiary/aromatic N) is 3. The Labute approximate surface area is 199 Å². The number of hydrogen-bond acceptors (Lipinski definition) is 5. The maximum atomic E-state index is 13.8. The van der Waals surface area contributed by atoms with Crippen LogP contribution in [0.3, 0.4) is 0 Å². The van der Waals surface area contributed by atoms with E-state index in [1.54, 1.807) is 12.1 Å². The highest BCUT2D eigenvalue weighted by atomic mass is 35.5. The van der Waals surface area contributed by atoms with Crippen molar-refractivity contribution in [2.45, 2.75) is 17.3 Å². The first-order chi connectivity index (χ1) is 16.1. The van der Waals surface area contributed by atoms with E-state index in [4.69, 9.17) is 21.4 Å². The van der Waals surface area contributed by atoms with Crippen molar-refractivity contribution in [1.29, 1.82) is 0 Å². The average molecular weight is 477 g/mol. The molecule has 0 unspecified atom stereocenters. The molecule has 164 valence electrons.